The van der Waals surface area contributed by atoms with E-state index in [1.807, 2.05) is 32.3 Å². The zero-order chi connectivity index (χ0) is 9.68. The molecule has 0 saturated carbocycles. The van der Waals surface area contributed by atoms with Gasteiger partial charge in [0.2, 0.25) is 0 Å². The van der Waals surface area contributed by atoms with Crippen LogP contribution in [-0.2, 0) is 0 Å². The predicted octanol–water partition coefficient (Wildman–Crippen LogP) is 2.76. The highest BCUT2D eigenvalue weighted by molar-refractivity contribution is 7.17. The van der Waals surface area contributed by atoms with Crippen LogP contribution in [0.15, 0.2) is 17.8 Å². The molecular formula is C9H13N3S. The maximum absolute atomic E-state index is 4.11. The van der Waals surface area contributed by atoms with Gasteiger partial charge in [0.1, 0.15) is 12.1 Å². The Balaban J connectivity index is 0.000000396. The van der Waals surface area contributed by atoms with Crippen LogP contribution in [0.3, 0.4) is 0 Å². The van der Waals surface area contributed by atoms with Crippen LogP contribution in [0.4, 0.5) is 5.82 Å². The highest BCUT2D eigenvalue weighted by Gasteiger charge is 2.00. The highest BCUT2D eigenvalue weighted by Crippen LogP contribution is 2.23. The quantitative estimate of drug-likeness (QED) is 0.760. The van der Waals surface area contributed by atoms with Gasteiger partial charge in [0, 0.05) is 7.05 Å². The van der Waals surface area contributed by atoms with Crippen LogP contribution in [-0.4, -0.2) is 17.0 Å². The van der Waals surface area contributed by atoms with Gasteiger partial charge in [-0.2, -0.15) is 0 Å². The second-order valence-electron chi connectivity index (χ2n) is 2.11. The van der Waals surface area contributed by atoms with E-state index >= 15 is 0 Å². The molecule has 0 aliphatic heterocycles. The van der Waals surface area contributed by atoms with E-state index in [-0.39, 0.29) is 0 Å². The number of fused-ring (bicyclic) bond motifs is 1. The molecule has 2 aromatic rings. The summed E-state index contributed by atoms with van der Waals surface area (Å²) in [5.74, 6) is 0.907. The minimum atomic E-state index is 0.907. The van der Waals surface area contributed by atoms with Crippen molar-refractivity contribution < 1.29 is 0 Å². The molecule has 2 aromatic heterocycles. The van der Waals surface area contributed by atoms with Gasteiger partial charge >= 0.3 is 0 Å². The van der Waals surface area contributed by atoms with Crippen molar-refractivity contribution in [3.63, 3.8) is 0 Å². The van der Waals surface area contributed by atoms with Crippen LogP contribution in [0.5, 0.6) is 0 Å². The monoisotopic (exact) mass is 195 g/mol. The van der Waals surface area contributed by atoms with Gasteiger partial charge in [-0.25, -0.2) is 9.97 Å². The fourth-order valence-electron chi connectivity index (χ4n) is 0.967. The summed E-state index contributed by atoms with van der Waals surface area (Å²) in [7, 11) is 1.86. The Kier molecular flexibility index (Phi) is 3.64. The first-order valence-electron chi connectivity index (χ1n) is 4.28. The van der Waals surface area contributed by atoms with Gasteiger partial charge in [0.15, 0.2) is 0 Å². The van der Waals surface area contributed by atoms with Gasteiger partial charge in [-0.15, -0.1) is 11.3 Å². The molecule has 0 atom stereocenters. The molecule has 0 spiro atoms. The maximum Gasteiger partial charge on any atom is 0.147 e. The molecule has 70 valence electrons. The lowest BCUT2D eigenvalue weighted by atomic mass is 10.4. The number of rotatable bonds is 1. The lowest BCUT2D eigenvalue weighted by Gasteiger charge is -1.97. The number of nitrogens with one attached hydrogen (secondary N) is 1. The number of aromatic nitrogens is 2. The molecule has 2 heterocycles. The van der Waals surface area contributed by atoms with Crippen molar-refractivity contribution in [2.45, 2.75) is 13.8 Å². The van der Waals surface area contributed by atoms with Gasteiger partial charge in [0.05, 0.1) is 10.2 Å². The smallest absolute Gasteiger partial charge is 0.147 e. The summed E-state index contributed by atoms with van der Waals surface area (Å²) in [6.07, 6.45) is 1.57. The van der Waals surface area contributed by atoms with Gasteiger partial charge in [-0.05, 0) is 11.4 Å². The number of anilines is 1. The van der Waals surface area contributed by atoms with E-state index in [9.17, 15) is 0 Å². The largest absolute Gasteiger partial charge is 0.372 e. The molecule has 0 bridgehead atoms. The number of hydrogen-bond acceptors (Lipinski definition) is 4. The third kappa shape index (κ3) is 1.95. The van der Waals surface area contributed by atoms with E-state index in [0.29, 0.717) is 0 Å². The van der Waals surface area contributed by atoms with Crippen LogP contribution in [0.2, 0.25) is 0 Å². The van der Waals surface area contributed by atoms with E-state index in [1.165, 1.54) is 0 Å². The van der Waals surface area contributed by atoms with Crippen LogP contribution in [0.1, 0.15) is 13.8 Å². The zero-order valence-electron chi connectivity index (χ0n) is 8.03. The van der Waals surface area contributed by atoms with Crippen LogP contribution < -0.4 is 5.32 Å². The molecule has 1 N–H and O–H groups in total. The van der Waals surface area contributed by atoms with Crippen molar-refractivity contribution in [2.24, 2.45) is 0 Å². The number of nitrogens with zero attached hydrogens (tertiary/aromatic N) is 2. The molecule has 0 fully saturated rings. The van der Waals surface area contributed by atoms with Crippen LogP contribution in [0, 0.1) is 0 Å². The predicted molar refractivity (Wildman–Crippen MR) is 58.3 cm³/mol. The summed E-state index contributed by atoms with van der Waals surface area (Å²) in [4.78, 5) is 8.19. The van der Waals surface area contributed by atoms with E-state index in [4.69, 9.17) is 0 Å². The molecule has 0 aliphatic rings. The van der Waals surface area contributed by atoms with Crippen molar-refractivity contribution in [2.75, 3.05) is 12.4 Å². The lowest BCUT2D eigenvalue weighted by Crippen LogP contribution is -1.91. The first-order valence-corrected chi connectivity index (χ1v) is 5.16. The normalized spacial score (nSPS) is 9.15. The molecule has 0 radical (unpaired) electrons. The van der Waals surface area contributed by atoms with E-state index in [2.05, 4.69) is 15.3 Å². The van der Waals surface area contributed by atoms with Gasteiger partial charge in [-0.3, -0.25) is 0 Å². The topological polar surface area (TPSA) is 37.8 Å². The molecule has 0 unspecified atom stereocenters. The molecule has 13 heavy (non-hydrogen) atoms. The Morgan fingerprint density at radius 1 is 1.31 bits per heavy atom. The molecule has 2 rings (SSSR count). The molecule has 0 amide bonds. The third-order valence-corrected chi connectivity index (χ3v) is 2.39. The van der Waals surface area contributed by atoms with Crippen molar-refractivity contribution in [3.05, 3.63) is 17.8 Å². The van der Waals surface area contributed by atoms with E-state index in [0.717, 1.165) is 16.0 Å². The Morgan fingerprint density at radius 2 is 2.08 bits per heavy atom. The SMILES string of the molecule is CC.CNc1ncnc2ccsc12. The Bertz CT molecular complexity index is 370. The van der Waals surface area contributed by atoms with E-state index < -0.39 is 0 Å². The Morgan fingerprint density at radius 3 is 2.77 bits per heavy atom. The number of hydrogen-bond donors (Lipinski definition) is 1. The Hall–Kier alpha value is -1.16. The summed E-state index contributed by atoms with van der Waals surface area (Å²) >= 11 is 1.65. The summed E-state index contributed by atoms with van der Waals surface area (Å²) in [5, 5.41) is 5.03. The first kappa shape index (κ1) is 9.92. The van der Waals surface area contributed by atoms with Gasteiger partial charge < -0.3 is 5.32 Å². The Labute approximate surface area is 81.8 Å². The number of thiophene rings is 1. The summed E-state index contributed by atoms with van der Waals surface area (Å²) < 4.78 is 1.12. The van der Waals surface area contributed by atoms with Gasteiger partial charge in [0.25, 0.3) is 0 Å². The minimum absolute atomic E-state index is 0.907. The fourth-order valence-corrected chi connectivity index (χ4v) is 1.81. The zero-order valence-corrected chi connectivity index (χ0v) is 8.85. The molecular weight excluding hydrogens is 182 g/mol. The van der Waals surface area contributed by atoms with E-state index in [1.54, 1.807) is 17.7 Å². The fraction of sp³-hybridized carbons (Fsp3) is 0.333. The molecule has 3 nitrogen and oxygen atoms in total. The standard InChI is InChI=1S/C7H7N3S.C2H6/c1-8-7-6-5(2-3-11-6)9-4-10-7;1-2/h2-4H,1H3,(H,8,9,10);1-2H3. The second-order valence-corrected chi connectivity index (χ2v) is 3.02. The lowest BCUT2D eigenvalue weighted by molar-refractivity contribution is 1.22. The maximum atomic E-state index is 4.11. The van der Waals surface area contributed by atoms with Crippen LogP contribution >= 0.6 is 11.3 Å². The first-order chi connectivity index (χ1) is 6.42. The molecule has 4 heteroatoms. The van der Waals surface area contributed by atoms with Gasteiger partial charge in [-0.1, -0.05) is 13.8 Å². The van der Waals surface area contributed by atoms with Crippen molar-refractivity contribution in [1.29, 1.82) is 0 Å². The molecule has 0 aliphatic carbocycles. The summed E-state index contributed by atoms with van der Waals surface area (Å²) in [6, 6.07) is 1.99. The average Bonchev–Trinajstić information content (AvgIpc) is 2.68. The minimum Gasteiger partial charge on any atom is -0.372 e. The molecule has 0 aromatic carbocycles. The third-order valence-electron chi connectivity index (χ3n) is 1.48. The molecule has 0 saturated heterocycles. The van der Waals surface area contributed by atoms with Crippen LogP contribution in [0.25, 0.3) is 10.2 Å². The summed E-state index contributed by atoms with van der Waals surface area (Å²) in [6.45, 7) is 4.00. The van der Waals surface area contributed by atoms with Crippen molar-refractivity contribution in [3.8, 4) is 0 Å². The second kappa shape index (κ2) is 4.77. The van der Waals surface area contributed by atoms with Crippen molar-refractivity contribution >= 4 is 27.4 Å². The average molecular weight is 195 g/mol. The highest BCUT2D eigenvalue weighted by atomic mass is 32.1. The van der Waals surface area contributed by atoms with Crippen molar-refractivity contribution in [1.82, 2.24) is 9.97 Å². The summed E-state index contributed by atoms with van der Waals surface area (Å²) in [5.41, 5.74) is 1.01.